The number of rotatable bonds is 8. The minimum atomic E-state index is -3.92. The van der Waals surface area contributed by atoms with Crippen molar-refractivity contribution in [3.63, 3.8) is 0 Å². The molecular weight excluding hydrogens is 444 g/mol. The maximum atomic E-state index is 12.9. The Morgan fingerprint density at radius 2 is 1.58 bits per heavy atom. The van der Waals surface area contributed by atoms with Crippen LogP contribution in [0.25, 0.3) is 0 Å². The molecule has 33 heavy (non-hydrogen) atoms. The molecule has 0 atom stereocenters. The van der Waals surface area contributed by atoms with E-state index in [2.05, 4.69) is 5.32 Å². The molecule has 0 radical (unpaired) electrons. The minimum absolute atomic E-state index is 0.0190. The Labute approximate surface area is 191 Å². The molecule has 1 amide bonds. The second kappa shape index (κ2) is 10.1. The number of nitrogens with one attached hydrogen (secondary N) is 1. The standard InChI is InChI=1S/C24H22N2O6S/c1-17(27)21-13-6-7-14-22(21)25-23(28)16-32-24(29)18-9-8-12-20(15-18)33(30,31)26(2)19-10-4-3-5-11-19/h3-15H,16H2,1-2H3,(H,25,28). The summed E-state index contributed by atoms with van der Waals surface area (Å²) < 4.78 is 32.0. The monoisotopic (exact) mass is 466 g/mol. The summed E-state index contributed by atoms with van der Waals surface area (Å²) in [4.78, 5) is 36.2. The Hall–Kier alpha value is -3.98. The van der Waals surface area contributed by atoms with Crippen LogP contribution in [0.1, 0.15) is 27.6 Å². The number of hydrogen-bond acceptors (Lipinski definition) is 6. The van der Waals surface area contributed by atoms with Crippen molar-refractivity contribution in [2.24, 2.45) is 0 Å². The van der Waals surface area contributed by atoms with Crippen LogP contribution in [0.5, 0.6) is 0 Å². The molecule has 0 aliphatic heterocycles. The molecule has 0 aliphatic carbocycles. The topological polar surface area (TPSA) is 110 Å². The van der Waals surface area contributed by atoms with Crippen LogP contribution in [0.15, 0.2) is 83.8 Å². The number of Topliss-reactive ketones (excluding diaryl/α,β-unsaturated/α-hetero) is 1. The predicted octanol–water partition coefficient (Wildman–Crippen LogP) is 3.51. The summed E-state index contributed by atoms with van der Waals surface area (Å²) in [5, 5.41) is 2.53. The molecule has 1 N–H and O–H groups in total. The van der Waals surface area contributed by atoms with E-state index in [9.17, 15) is 22.8 Å². The largest absolute Gasteiger partial charge is 0.452 e. The Kier molecular flexibility index (Phi) is 7.24. The van der Waals surface area contributed by atoms with Crippen molar-refractivity contribution in [1.29, 1.82) is 0 Å². The first-order valence-corrected chi connectivity index (χ1v) is 11.3. The number of esters is 1. The Morgan fingerprint density at radius 3 is 2.27 bits per heavy atom. The van der Waals surface area contributed by atoms with Gasteiger partial charge in [-0.15, -0.1) is 0 Å². The van der Waals surface area contributed by atoms with E-state index in [0.717, 1.165) is 4.31 Å². The molecule has 3 aromatic carbocycles. The average Bonchev–Trinajstić information content (AvgIpc) is 2.82. The third-order valence-corrected chi connectivity index (χ3v) is 6.54. The highest BCUT2D eigenvalue weighted by Crippen LogP contribution is 2.22. The Morgan fingerprint density at radius 1 is 0.909 bits per heavy atom. The number of ketones is 1. The zero-order valence-electron chi connectivity index (χ0n) is 18.0. The summed E-state index contributed by atoms with van der Waals surface area (Å²) in [6, 6.07) is 20.4. The van der Waals surface area contributed by atoms with Gasteiger partial charge < -0.3 is 10.1 Å². The molecule has 0 unspecified atom stereocenters. The summed E-state index contributed by atoms with van der Waals surface area (Å²) >= 11 is 0. The van der Waals surface area contributed by atoms with Gasteiger partial charge in [0.1, 0.15) is 0 Å². The Bertz CT molecular complexity index is 1290. The number of anilines is 2. The van der Waals surface area contributed by atoms with E-state index in [-0.39, 0.29) is 16.2 Å². The van der Waals surface area contributed by atoms with Crippen LogP contribution < -0.4 is 9.62 Å². The molecule has 3 rings (SSSR count). The first-order valence-electron chi connectivity index (χ1n) is 9.91. The number of amides is 1. The summed E-state index contributed by atoms with van der Waals surface area (Å²) in [5.41, 5.74) is 1.09. The molecule has 0 spiro atoms. The molecule has 170 valence electrons. The maximum Gasteiger partial charge on any atom is 0.338 e. The van der Waals surface area contributed by atoms with Crippen LogP contribution >= 0.6 is 0 Å². The van der Waals surface area contributed by atoms with Gasteiger partial charge in [-0.05, 0) is 49.4 Å². The van der Waals surface area contributed by atoms with Gasteiger partial charge >= 0.3 is 5.97 Å². The molecule has 0 saturated carbocycles. The second-order valence-corrected chi connectivity index (χ2v) is 9.03. The van der Waals surface area contributed by atoms with Crippen LogP contribution in [0.3, 0.4) is 0 Å². The van der Waals surface area contributed by atoms with Crippen molar-refractivity contribution in [1.82, 2.24) is 0 Å². The summed E-state index contributed by atoms with van der Waals surface area (Å²) in [7, 11) is -2.50. The normalized spacial score (nSPS) is 10.8. The third-order valence-electron chi connectivity index (χ3n) is 4.76. The van der Waals surface area contributed by atoms with Crippen LogP contribution in [0, 0.1) is 0 Å². The zero-order chi connectivity index (χ0) is 24.0. The van der Waals surface area contributed by atoms with Gasteiger partial charge in [0.15, 0.2) is 12.4 Å². The average molecular weight is 467 g/mol. The number of carbonyl (C=O) groups excluding carboxylic acids is 3. The number of sulfonamides is 1. The number of carbonyl (C=O) groups is 3. The molecule has 0 saturated heterocycles. The molecular formula is C24H22N2O6S. The number of benzene rings is 3. The van der Waals surface area contributed by atoms with Crippen LogP contribution in [0.2, 0.25) is 0 Å². The van der Waals surface area contributed by atoms with E-state index in [0.29, 0.717) is 16.9 Å². The molecule has 9 heteroatoms. The van der Waals surface area contributed by atoms with Gasteiger partial charge in [-0.1, -0.05) is 36.4 Å². The molecule has 0 aromatic heterocycles. The Balaban J connectivity index is 1.69. The minimum Gasteiger partial charge on any atom is -0.452 e. The molecule has 3 aromatic rings. The van der Waals surface area contributed by atoms with Crippen LogP contribution in [0.4, 0.5) is 11.4 Å². The summed E-state index contributed by atoms with van der Waals surface area (Å²) in [6.07, 6.45) is 0. The van der Waals surface area contributed by atoms with Gasteiger partial charge in [0, 0.05) is 12.6 Å². The predicted molar refractivity (Wildman–Crippen MR) is 124 cm³/mol. The first-order chi connectivity index (χ1) is 15.7. The quantitative estimate of drug-likeness (QED) is 0.402. The summed E-state index contributed by atoms with van der Waals surface area (Å²) in [5.74, 6) is -1.71. The molecule has 8 nitrogen and oxygen atoms in total. The lowest BCUT2D eigenvalue weighted by Crippen LogP contribution is -2.26. The maximum absolute atomic E-state index is 12.9. The van der Waals surface area contributed by atoms with Gasteiger partial charge in [-0.3, -0.25) is 13.9 Å². The van der Waals surface area contributed by atoms with Gasteiger partial charge in [0.2, 0.25) is 0 Å². The van der Waals surface area contributed by atoms with E-state index in [1.54, 1.807) is 54.6 Å². The highest BCUT2D eigenvalue weighted by Gasteiger charge is 2.23. The lowest BCUT2D eigenvalue weighted by atomic mass is 10.1. The van der Waals surface area contributed by atoms with Gasteiger partial charge in [0.05, 0.1) is 21.8 Å². The third kappa shape index (κ3) is 5.64. The fraction of sp³-hybridized carbons (Fsp3) is 0.125. The number of ether oxygens (including phenoxy) is 1. The molecule has 0 bridgehead atoms. The molecule has 0 fully saturated rings. The van der Waals surface area contributed by atoms with E-state index in [4.69, 9.17) is 4.74 Å². The van der Waals surface area contributed by atoms with Gasteiger partial charge in [-0.2, -0.15) is 0 Å². The van der Waals surface area contributed by atoms with Crippen molar-refractivity contribution < 1.29 is 27.5 Å². The van der Waals surface area contributed by atoms with Gasteiger partial charge in [-0.25, -0.2) is 13.2 Å². The van der Waals surface area contributed by atoms with Gasteiger partial charge in [0.25, 0.3) is 15.9 Å². The van der Waals surface area contributed by atoms with Crippen LogP contribution in [-0.2, 0) is 19.6 Å². The lowest BCUT2D eigenvalue weighted by molar-refractivity contribution is -0.119. The molecule has 0 aliphatic rings. The fourth-order valence-electron chi connectivity index (χ4n) is 3.02. The second-order valence-electron chi connectivity index (χ2n) is 7.06. The van der Waals surface area contributed by atoms with Crippen molar-refractivity contribution >= 4 is 39.1 Å². The highest BCUT2D eigenvalue weighted by atomic mass is 32.2. The van der Waals surface area contributed by atoms with E-state index >= 15 is 0 Å². The number of para-hydroxylation sites is 2. The number of nitrogens with zero attached hydrogens (tertiary/aromatic N) is 1. The van der Waals surface area contributed by atoms with Crippen molar-refractivity contribution in [2.75, 3.05) is 23.3 Å². The zero-order valence-corrected chi connectivity index (χ0v) is 18.8. The van der Waals surface area contributed by atoms with Crippen molar-refractivity contribution in [2.45, 2.75) is 11.8 Å². The highest BCUT2D eigenvalue weighted by molar-refractivity contribution is 7.92. The van der Waals surface area contributed by atoms with Crippen molar-refractivity contribution in [3.8, 4) is 0 Å². The lowest BCUT2D eigenvalue weighted by Gasteiger charge is -2.19. The summed E-state index contributed by atoms with van der Waals surface area (Å²) in [6.45, 7) is 0.771. The van der Waals surface area contributed by atoms with E-state index in [1.165, 1.54) is 38.2 Å². The van der Waals surface area contributed by atoms with Crippen LogP contribution in [-0.4, -0.2) is 39.7 Å². The van der Waals surface area contributed by atoms with E-state index in [1.807, 2.05) is 0 Å². The fourth-order valence-corrected chi connectivity index (χ4v) is 4.26. The SMILES string of the molecule is CC(=O)c1ccccc1NC(=O)COC(=O)c1cccc(S(=O)(=O)N(C)c2ccccc2)c1. The van der Waals surface area contributed by atoms with Crippen molar-refractivity contribution in [3.05, 3.63) is 90.0 Å². The number of hydrogen-bond donors (Lipinski definition) is 1. The molecule has 0 heterocycles. The van der Waals surface area contributed by atoms with E-state index < -0.39 is 28.5 Å². The first kappa shape index (κ1) is 23.7. The smallest absolute Gasteiger partial charge is 0.338 e.